The normalized spacial score (nSPS) is 15.4. The van der Waals surface area contributed by atoms with E-state index < -0.39 is 0 Å². The third-order valence-corrected chi connectivity index (χ3v) is 3.91. The third kappa shape index (κ3) is 3.09. The Labute approximate surface area is 110 Å². The lowest BCUT2D eigenvalue weighted by molar-refractivity contribution is 0.0935. The van der Waals surface area contributed by atoms with Gasteiger partial charge in [0.1, 0.15) is 5.75 Å². The molecule has 92 valence electrons. The van der Waals surface area contributed by atoms with E-state index in [-0.39, 0.29) is 5.78 Å². The van der Waals surface area contributed by atoms with Crippen molar-refractivity contribution < 1.29 is 9.53 Å². The van der Waals surface area contributed by atoms with Gasteiger partial charge >= 0.3 is 0 Å². The summed E-state index contributed by atoms with van der Waals surface area (Å²) in [6.45, 7) is 2.59. The first kappa shape index (κ1) is 12.6. The largest absolute Gasteiger partial charge is 0.494 e. The van der Waals surface area contributed by atoms with Gasteiger partial charge in [-0.25, -0.2) is 0 Å². The van der Waals surface area contributed by atoms with Crippen LogP contribution in [0, 0.1) is 5.92 Å². The fourth-order valence-electron chi connectivity index (χ4n) is 2.05. The highest BCUT2D eigenvalue weighted by molar-refractivity contribution is 9.10. The van der Waals surface area contributed by atoms with E-state index in [0.717, 1.165) is 15.8 Å². The zero-order chi connectivity index (χ0) is 12.3. The summed E-state index contributed by atoms with van der Waals surface area (Å²) in [6.07, 6.45) is 4.38. The molecule has 0 radical (unpaired) electrons. The first-order valence-electron chi connectivity index (χ1n) is 6.16. The molecule has 0 spiro atoms. The van der Waals surface area contributed by atoms with Crippen molar-refractivity contribution in [1.29, 1.82) is 0 Å². The topological polar surface area (TPSA) is 26.3 Å². The molecule has 2 nitrogen and oxygen atoms in total. The monoisotopic (exact) mass is 296 g/mol. The first-order valence-corrected chi connectivity index (χ1v) is 6.95. The average Bonchev–Trinajstić information content (AvgIpc) is 2.24. The molecule has 1 aromatic carbocycles. The maximum Gasteiger partial charge on any atom is 0.164 e. The van der Waals surface area contributed by atoms with Gasteiger partial charge in [0.2, 0.25) is 0 Å². The van der Waals surface area contributed by atoms with Crippen molar-refractivity contribution in [2.24, 2.45) is 5.92 Å². The number of ether oxygens (including phenoxy) is 1. The summed E-state index contributed by atoms with van der Waals surface area (Å²) in [4.78, 5) is 12.1. The molecule has 0 aromatic heterocycles. The van der Waals surface area contributed by atoms with Crippen molar-refractivity contribution in [2.45, 2.75) is 32.6 Å². The van der Waals surface area contributed by atoms with Crippen molar-refractivity contribution in [2.75, 3.05) is 6.61 Å². The van der Waals surface area contributed by atoms with Crippen LogP contribution in [-0.4, -0.2) is 12.4 Å². The van der Waals surface area contributed by atoms with E-state index >= 15 is 0 Å². The second-order valence-corrected chi connectivity index (χ2v) is 5.35. The molecule has 1 aliphatic carbocycles. The van der Waals surface area contributed by atoms with Crippen LogP contribution in [0.5, 0.6) is 5.75 Å². The minimum atomic E-state index is 0.240. The summed E-state index contributed by atoms with van der Waals surface area (Å²) in [5.41, 5.74) is 0.778. The first-order chi connectivity index (χ1) is 8.20. The van der Waals surface area contributed by atoms with E-state index in [0.29, 0.717) is 18.9 Å². The number of ketones is 1. The summed E-state index contributed by atoms with van der Waals surface area (Å²) in [5.74, 6) is 1.66. The highest BCUT2D eigenvalue weighted by Crippen LogP contribution is 2.32. The van der Waals surface area contributed by atoms with Crippen molar-refractivity contribution in [1.82, 2.24) is 0 Å². The number of rotatable bonds is 5. The quantitative estimate of drug-likeness (QED) is 0.761. The summed E-state index contributed by atoms with van der Waals surface area (Å²) in [6, 6.07) is 5.59. The van der Waals surface area contributed by atoms with Gasteiger partial charge in [-0.05, 0) is 47.0 Å². The smallest absolute Gasteiger partial charge is 0.164 e. The highest BCUT2D eigenvalue weighted by Gasteiger charge is 2.22. The number of hydrogen-bond acceptors (Lipinski definition) is 2. The lowest BCUT2D eigenvalue weighted by Gasteiger charge is -2.24. The molecule has 0 heterocycles. The van der Waals surface area contributed by atoms with Crippen LogP contribution in [0.1, 0.15) is 43.0 Å². The number of Topliss-reactive ketones (excluding diaryl/α,β-unsaturated/α-hetero) is 1. The van der Waals surface area contributed by atoms with Gasteiger partial charge in [0.15, 0.2) is 5.78 Å². The van der Waals surface area contributed by atoms with E-state index in [9.17, 15) is 4.79 Å². The van der Waals surface area contributed by atoms with Gasteiger partial charge in [-0.2, -0.15) is 0 Å². The molecule has 2 rings (SSSR count). The van der Waals surface area contributed by atoms with E-state index in [1.54, 1.807) is 0 Å². The van der Waals surface area contributed by atoms with Crippen LogP contribution in [0.15, 0.2) is 22.7 Å². The number of carbonyl (C=O) groups excluding carboxylic acids is 1. The molecule has 1 fully saturated rings. The number of carbonyl (C=O) groups is 1. The molecule has 1 aromatic rings. The predicted octanol–water partition coefficient (Wildman–Crippen LogP) is 4.22. The van der Waals surface area contributed by atoms with Crippen molar-refractivity contribution in [3.8, 4) is 5.75 Å². The molecular formula is C14H17BrO2. The summed E-state index contributed by atoms with van der Waals surface area (Å²) in [7, 11) is 0. The maximum absolute atomic E-state index is 12.1. The molecule has 17 heavy (non-hydrogen) atoms. The molecule has 0 saturated heterocycles. The molecule has 3 heteroatoms. The highest BCUT2D eigenvalue weighted by atomic mass is 79.9. The Bertz CT molecular complexity index is 411. The second kappa shape index (κ2) is 5.67. The van der Waals surface area contributed by atoms with Crippen LogP contribution in [-0.2, 0) is 0 Å². The van der Waals surface area contributed by atoms with Crippen LogP contribution in [0.25, 0.3) is 0 Å². The van der Waals surface area contributed by atoms with Gasteiger partial charge in [0, 0.05) is 16.5 Å². The van der Waals surface area contributed by atoms with Crippen LogP contribution < -0.4 is 4.74 Å². The third-order valence-electron chi connectivity index (χ3n) is 3.25. The second-order valence-electron chi connectivity index (χ2n) is 4.50. The van der Waals surface area contributed by atoms with Crippen molar-refractivity contribution in [3.05, 3.63) is 28.2 Å². The molecule has 0 aliphatic heterocycles. The number of halogens is 1. The summed E-state index contributed by atoms with van der Waals surface area (Å²) >= 11 is 3.45. The van der Waals surface area contributed by atoms with E-state index in [2.05, 4.69) is 15.9 Å². The molecule has 1 aliphatic rings. The van der Waals surface area contributed by atoms with Gasteiger partial charge in [0.25, 0.3) is 0 Å². The molecule has 0 unspecified atom stereocenters. The Balaban J connectivity index is 2.06. The molecular weight excluding hydrogens is 280 g/mol. The maximum atomic E-state index is 12.1. The van der Waals surface area contributed by atoms with Crippen molar-refractivity contribution in [3.63, 3.8) is 0 Å². The summed E-state index contributed by atoms with van der Waals surface area (Å²) in [5, 5.41) is 0. The number of hydrogen-bond donors (Lipinski definition) is 0. The Morgan fingerprint density at radius 2 is 2.24 bits per heavy atom. The Kier molecular flexibility index (Phi) is 4.21. The van der Waals surface area contributed by atoms with Gasteiger partial charge in [-0.3, -0.25) is 4.79 Å². The molecule has 0 bridgehead atoms. The molecule has 0 atom stereocenters. The lowest BCUT2D eigenvalue weighted by Crippen LogP contribution is -2.16. The zero-order valence-electron chi connectivity index (χ0n) is 10.0. The predicted molar refractivity (Wildman–Crippen MR) is 71.6 cm³/mol. The minimum Gasteiger partial charge on any atom is -0.494 e. The van der Waals surface area contributed by atoms with E-state index in [1.165, 1.54) is 19.3 Å². The Morgan fingerprint density at radius 3 is 2.76 bits per heavy atom. The fraction of sp³-hybridized carbons (Fsp3) is 0.500. The van der Waals surface area contributed by atoms with Gasteiger partial charge in [-0.1, -0.05) is 19.3 Å². The number of benzene rings is 1. The van der Waals surface area contributed by atoms with Crippen LogP contribution in [0.4, 0.5) is 0 Å². The summed E-state index contributed by atoms with van der Waals surface area (Å²) < 4.78 is 6.23. The molecule has 0 N–H and O–H groups in total. The van der Waals surface area contributed by atoms with Gasteiger partial charge in [-0.15, -0.1) is 0 Å². The standard InChI is InChI=1S/C14H17BrO2/c1-2-17-11-6-7-12(13(15)9-11)14(16)8-10-4-3-5-10/h6-7,9-10H,2-5,8H2,1H3. The SMILES string of the molecule is CCOc1ccc(C(=O)CC2CCC2)c(Br)c1. The van der Waals surface area contributed by atoms with E-state index in [1.807, 2.05) is 25.1 Å². The average molecular weight is 297 g/mol. The fourth-order valence-corrected chi connectivity index (χ4v) is 2.63. The lowest BCUT2D eigenvalue weighted by atomic mass is 9.81. The van der Waals surface area contributed by atoms with Crippen molar-refractivity contribution >= 4 is 21.7 Å². The van der Waals surface area contributed by atoms with Crippen LogP contribution in [0.2, 0.25) is 0 Å². The van der Waals surface area contributed by atoms with Gasteiger partial charge in [0.05, 0.1) is 6.61 Å². The van der Waals surface area contributed by atoms with Crippen LogP contribution in [0.3, 0.4) is 0 Å². The van der Waals surface area contributed by atoms with Gasteiger partial charge < -0.3 is 4.74 Å². The van der Waals surface area contributed by atoms with Crippen LogP contribution >= 0.6 is 15.9 Å². The molecule has 0 amide bonds. The Hall–Kier alpha value is -0.830. The zero-order valence-corrected chi connectivity index (χ0v) is 11.6. The molecule has 1 saturated carbocycles. The minimum absolute atomic E-state index is 0.240. The van der Waals surface area contributed by atoms with E-state index in [4.69, 9.17) is 4.74 Å². The Morgan fingerprint density at radius 1 is 1.47 bits per heavy atom.